The summed E-state index contributed by atoms with van der Waals surface area (Å²) >= 11 is 0. The van der Waals surface area contributed by atoms with Crippen LogP contribution >= 0.6 is 0 Å². The van der Waals surface area contributed by atoms with E-state index in [1.807, 2.05) is 11.8 Å². The maximum atomic E-state index is 12.8. The first kappa shape index (κ1) is 25.5. The summed E-state index contributed by atoms with van der Waals surface area (Å²) in [6.45, 7) is 5.40. The summed E-state index contributed by atoms with van der Waals surface area (Å²) in [7, 11) is -3.78. The zero-order valence-corrected chi connectivity index (χ0v) is 20.3. The monoisotopic (exact) mass is 489 g/mol. The molecule has 1 atom stereocenters. The van der Waals surface area contributed by atoms with Crippen molar-refractivity contribution < 1.29 is 27.5 Å². The number of benzene rings is 2. The second-order valence-electron chi connectivity index (χ2n) is 8.13. The molecule has 1 aliphatic rings. The van der Waals surface area contributed by atoms with Gasteiger partial charge in [-0.15, -0.1) is 0 Å². The second-order valence-corrected chi connectivity index (χ2v) is 9.70. The van der Waals surface area contributed by atoms with Crippen LogP contribution in [0.3, 0.4) is 0 Å². The van der Waals surface area contributed by atoms with Crippen molar-refractivity contribution in [2.45, 2.75) is 44.0 Å². The molecule has 2 aromatic carbocycles. The van der Waals surface area contributed by atoms with E-state index in [2.05, 4.69) is 5.32 Å². The van der Waals surface area contributed by atoms with E-state index in [-0.39, 0.29) is 29.4 Å². The maximum absolute atomic E-state index is 12.8. The first-order chi connectivity index (χ1) is 16.2. The van der Waals surface area contributed by atoms with Gasteiger partial charge in [-0.2, -0.15) is 0 Å². The van der Waals surface area contributed by atoms with Gasteiger partial charge in [-0.25, -0.2) is 13.6 Å². The van der Waals surface area contributed by atoms with Crippen molar-refractivity contribution in [2.75, 3.05) is 26.3 Å². The van der Waals surface area contributed by atoms with Gasteiger partial charge in [0, 0.05) is 18.7 Å². The maximum Gasteiger partial charge on any atom is 0.260 e. The van der Waals surface area contributed by atoms with Gasteiger partial charge < -0.3 is 19.7 Å². The van der Waals surface area contributed by atoms with E-state index in [1.165, 1.54) is 12.1 Å². The third kappa shape index (κ3) is 6.71. The van der Waals surface area contributed by atoms with Crippen LogP contribution in [0, 0.1) is 0 Å². The Bertz CT molecular complexity index is 1110. The lowest BCUT2D eigenvalue weighted by molar-refractivity contribution is -0.134. The van der Waals surface area contributed by atoms with Gasteiger partial charge in [0.2, 0.25) is 10.0 Å². The summed E-state index contributed by atoms with van der Waals surface area (Å²) in [5.74, 6) is 0.383. The highest BCUT2D eigenvalue weighted by Crippen LogP contribution is 2.29. The minimum Gasteiger partial charge on any atom is -0.490 e. The van der Waals surface area contributed by atoms with Crippen LogP contribution in [0.2, 0.25) is 0 Å². The molecule has 1 aliphatic heterocycles. The largest absolute Gasteiger partial charge is 0.490 e. The lowest BCUT2D eigenvalue weighted by Gasteiger charge is -2.26. The van der Waals surface area contributed by atoms with Crippen molar-refractivity contribution in [2.24, 2.45) is 5.14 Å². The first-order valence-electron chi connectivity index (χ1n) is 11.3. The van der Waals surface area contributed by atoms with Crippen LogP contribution in [-0.2, 0) is 14.8 Å². The third-order valence-corrected chi connectivity index (χ3v) is 6.55. The molecule has 10 heteroatoms. The number of rotatable bonds is 9. The van der Waals surface area contributed by atoms with E-state index >= 15 is 0 Å². The summed E-state index contributed by atoms with van der Waals surface area (Å²) in [6.07, 6.45) is 3.16. The molecule has 0 aromatic heterocycles. The van der Waals surface area contributed by atoms with Crippen LogP contribution in [0.15, 0.2) is 47.4 Å². The molecule has 1 unspecified atom stereocenters. The molecule has 3 N–H and O–H groups in total. The number of hydrogen-bond donors (Lipinski definition) is 2. The summed E-state index contributed by atoms with van der Waals surface area (Å²) in [5.41, 5.74) is 1.09. The molecule has 0 bridgehead atoms. The van der Waals surface area contributed by atoms with Crippen molar-refractivity contribution in [3.63, 3.8) is 0 Å². The Morgan fingerprint density at radius 1 is 1.03 bits per heavy atom. The number of nitrogens with one attached hydrogen (secondary N) is 1. The molecule has 184 valence electrons. The Morgan fingerprint density at radius 2 is 1.71 bits per heavy atom. The SMILES string of the molecule is CCOc1cc(C(=O)NC(C)c2ccc(S(N)(=O)=O)cc2)ccc1OCC(=O)N1CCCCC1. The van der Waals surface area contributed by atoms with E-state index in [9.17, 15) is 18.0 Å². The molecule has 0 aliphatic carbocycles. The number of sulfonamides is 1. The van der Waals surface area contributed by atoms with Gasteiger partial charge in [-0.1, -0.05) is 12.1 Å². The van der Waals surface area contributed by atoms with Crippen LogP contribution in [-0.4, -0.2) is 51.4 Å². The number of piperidine rings is 1. The molecule has 3 rings (SSSR count). The van der Waals surface area contributed by atoms with Crippen LogP contribution in [0.25, 0.3) is 0 Å². The average Bonchev–Trinajstić information content (AvgIpc) is 2.83. The van der Waals surface area contributed by atoms with Crippen molar-refractivity contribution in [3.8, 4) is 11.5 Å². The molecule has 2 aromatic rings. The van der Waals surface area contributed by atoms with Gasteiger partial charge in [0.25, 0.3) is 11.8 Å². The van der Waals surface area contributed by atoms with Crippen molar-refractivity contribution >= 4 is 21.8 Å². The Balaban J connectivity index is 1.65. The van der Waals surface area contributed by atoms with Crippen molar-refractivity contribution in [3.05, 3.63) is 53.6 Å². The highest BCUT2D eigenvalue weighted by Gasteiger charge is 2.19. The van der Waals surface area contributed by atoms with Crippen LogP contribution in [0.1, 0.15) is 55.1 Å². The molecule has 1 heterocycles. The van der Waals surface area contributed by atoms with Crippen LogP contribution in [0.5, 0.6) is 11.5 Å². The highest BCUT2D eigenvalue weighted by atomic mass is 32.2. The number of carbonyl (C=O) groups excluding carboxylic acids is 2. The minimum atomic E-state index is -3.78. The third-order valence-electron chi connectivity index (χ3n) is 5.62. The Morgan fingerprint density at radius 3 is 2.32 bits per heavy atom. The molecular weight excluding hydrogens is 458 g/mol. The van der Waals surface area contributed by atoms with Crippen molar-refractivity contribution in [1.82, 2.24) is 10.2 Å². The van der Waals surface area contributed by atoms with Gasteiger partial charge >= 0.3 is 0 Å². The van der Waals surface area contributed by atoms with E-state index in [1.54, 1.807) is 37.3 Å². The van der Waals surface area contributed by atoms with E-state index in [4.69, 9.17) is 14.6 Å². The van der Waals surface area contributed by atoms with Gasteiger partial charge in [0.1, 0.15) is 0 Å². The molecular formula is C24H31N3O6S. The van der Waals surface area contributed by atoms with Gasteiger partial charge in [-0.05, 0) is 69.0 Å². The lowest BCUT2D eigenvalue weighted by Crippen LogP contribution is -2.38. The molecule has 0 spiro atoms. The van der Waals surface area contributed by atoms with Gasteiger partial charge in [-0.3, -0.25) is 9.59 Å². The van der Waals surface area contributed by atoms with Crippen molar-refractivity contribution in [1.29, 1.82) is 0 Å². The molecule has 0 radical (unpaired) electrons. The fourth-order valence-corrected chi connectivity index (χ4v) is 4.24. The average molecular weight is 490 g/mol. The predicted molar refractivity (Wildman–Crippen MR) is 127 cm³/mol. The minimum absolute atomic E-state index is 0.00508. The number of likely N-dealkylation sites (tertiary alicyclic amines) is 1. The number of carbonyl (C=O) groups is 2. The number of ether oxygens (including phenoxy) is 2. The summed E-state index contributed by atoms with van der Waals surface area (Å²) in [4.78, 5) is 27.0. The van der Waals surface area contributed by atoms with E-state index in [0.29, 0.717) is 23.7 Å². The second kappa shape index (κ2) is 11.3. The number of amides is 2. The number of hydrogen-bond acceptors (Lipinski definition) is 6. The molecule has 0 saturated carbocycles. The Labute approximate surface area is 200 Å². The summed E-state index contributed by atoms with van der Waals surface area (Å²) < 4.78 is 34.2. The molecule has 9 nitrogen and oxygen atoms in total. The summed E-state index contributed by atoms with van der Waals surface area (Å²) in [6, 6.07) is 10.4. The molecule has 1 fully saturated rings. The zero-order valence-electron chi connectivity index (χ0n) is 19.5. The molecule has 1 saturated heterocycles. The van der Waals surface area contributed by atoms with E-state index < -0.39 is 10.0 Å². The highest BCUT2D eigenvalue weighted by molar-refractivity contribution is 7.89. The van der Waals surface area contributed by atoms with E-state index in [0.717, 1.165) is 37.9 Å². The van der Waals surface area contributed by atoms with Crippen LogP contribution in [0.4, 0.5) is 0 Å². The smallest absolute Gasteiger partial charge is 0.260 e. The fraction of sp³-hybridized carbons (Fsp3) is 0.417. The lowest BCUT2D eigenvalue weighted by atomic mass is 10.1. The molecule has 34 heavy (non-hydrogen) atoms. The molecule has 2 amide bonds. The zero-order chi connectivity index (χ0) is 24.7. The predicted octanol–water partition coefficient (Wildman–Crippen LogP) is 2.62. The fourth-order valence-electron chi connectivity index (χ4n) is 3.72. The van der Waals surface area contributed by atoms with Gasteiger partial charge in [0.15, 0.2) is 18.1 Å². The van der Waals surface area contributed by atoms with Gasteiger partial charge in [0.05, 0.1) is 17.5 Å². The number of nitrogens with zero attached hydrogens (tertiary/aromatic N) is 1. The Hall–Kier alpha value is -3.11. The quantitative estimate of drug-likeness (QED) is 0.557. The van der Waals surface area contributed by atoms with Crippen LogP contribution < -0.4 is 19.9 Å². The summed E-state index contributed by atoms with van der Waals surface area (Å²) in [5, 5.41) is 8.00. The standard InChI is InChI=1S/C24H31N3O6S/c1-3-32-22-15-19(9-12-21(22)33-16-23(28)27-13-5-4-6-14-27)24(29)26-17(2)18-7-10-20(11-8-18)34(25,30)31/h7-12,15,17H,3-6,13-14,16H2,1-2H3,(H,26,29)(H2,25,30,31). The topological polar surface area (TPSA) is 128 Å². The Kier molecular flexibility index (Phi) is 8.51. The number of primary sulfonamides is 1. The number of nitrogens with two attached hydrogens (primary N) is 1. The first-order valence-corrected chi connectivity index (χ1v) is 12.8. The normalized spacial score (nSPS) is 14.9.